The first-order valence-electron chi connectivity index (χ1n) is 12.2. The van der Waals surface area contributed by atoms with Crippen molar-refractivity contribution in [3.63, 3.8) is 0 Å². The van der Waals surface area contributed by atoms with E-state index in [1.165, 1.54) is 28.9 Å². The Balaban J connectivity index is 1.64. The molecule has 6 rings (SSSR count). The number of rotatable bonds is 6. The third-order valence-corrected chi connectivity index (χ3v) is 7.98. The summed E-state index contributed by atoms with van der Waals surface area (Å²) in [6.45, 7) is 1.19. The normalized spacial score (nSPS) is 11.3. The molecule has 0 bridgehead atoms. The van der Waals surface area contributed by atoms with Crippen LogP contribution in [-0.2, 0) is 6.54 Å². The minimum Gasteiger partial charge on any atom is -0.279 e. The molecule has 0 amide bonds. The third kappa shape index (κ3) is 4.41. The molecule has 4 heterocycles. The third-order valence-electron chi connectivity index (χ3n) is 6.62. The molecule has 0 aliphatic heterocycles. The van der Waals surface area contributed by atoms with Crippen LogP contribution < -0.4 is 11.2 Å². The fourth-order valence-corrected chi connectivity index (χ4v) is 5.91. The summed E-state index contributed by atoms with van der Waals surface area (Å²) in [5.41, 5.74) is -0.875. The molecule has 0 unspecified atom stereocenters. The molecule has 0 spiro atoms. The zero-order valence-electron chi connectivity index (χ0n) is 21.2. The zero-order chi connectivity index (χ0) is 28.8. The molecule has 0 radical (unpaired) electrons. The van der Waals surface area contributed by atoms with Gasteiger partial charge in [0, 0.05) is 35.0 Å². The monoisotopic (exact) mass is 572 g/mol. The highest BCUT2D eigenvalue weighted by Crippen LogP contribution is 2.37. The highest BCUT2D eigenvalue weighted by Gasteiger charge is 2.24. The average molecular weight is 573 g/mol. The lowest BCUT2D eigenvalue weighted by Crippen LogP contribution is -2.39. The first-order chi connectivity index (χ1) is 19.7. The number of nitro groups is 1. The maximum absolute atomic E-state index is 14.7. The Morgan fingerprint density at radius 2 is 1.63 bits per heavy atom. The van der Waals surface area contributed by atoms with E-state index in [0.717, 1.165) is 32.6 Å². The number of nitrogens with zero attached hydrogens (tertiary/aromatic N) is 6. The molecule has 13 heteroatoms. The van der Waals surface area contributed by atoms with Gasteiger partial charge in [-0.1, -0.05) is 12.1 Å². The Labute approximate surface area is 233 Å². The van der Waals surface area contributed by atoms with E-state index in [1.807, 2.05) is 0 Å². The highest BCUT2D eigenvalue weighted by atomic mass is 32.1. The van der Waals surface area contributed by atoms with Crippen molar-refractivity contribution in [3.05, 3.63) is 133 Å². The first kappa shape index (κ1) is 26.0. The second-order valence-electron chi connectivity index (χ2n) is 9.05. The number of aryl methyl sites for hydroxylation is 1. The maximum atomic E-state index is 14.7. The van der Waals surface area contributed by atoms with Gasteiger partial charge in [0.25, 0.3) is 11.2 Å². The molecule has 0 saturated heterocycles. The van der Waals surface area contributed by atoms with Gasteiger partial charge in [0.2, 0.25) is 0 Å². The van der Waals surface area contributed by atoms with Gasteiger partial charge < -0.3 is 0 Å². The molecule has 0 N–H and O–H groups in total. The summed E-state index contributed by atoms with van der Waals surface area (Å²) in [5.74, 6) is -1.34. The average Bonchev–Trinajstić information content (AvgIpc) is 3.62. The molecular weight excluding hydrogens is 554 g/mol. The Morgan fingerprint density at radius 1 is 0.951 bits per heavy atom. The number of fused-ring (bicyclic) bond motifs is 1. The number of benzene rings is 2. The van der Waals surface area contributed by atoms with Crippen LogP contribution in [-0.4, -0.2) is 28.8 Å². The quantitative estimate of drug-likeness (QED) is 0.205. The van der Waals surface area contributed by atoms with E-state index in [1.54, 1.807) is 49.6 Å². The lowest BCUT2D eigenvalue weighted by Gasteiger charge is -2.13. The summed E-state index contributed by atoms with van der Waals surface area (Å²) < 4.78 is 32.9. The minimum absolute atomic E-state index is 0.000131. The summed E-state index contributed by atoms with van der Waals surface area (Å²) in [6.07, 6.45) is 3.20. The second kappa shape index (κ2) is 10.0. The predicted octanol–water partition coefficient (Wildman–Crippen LogP) is 5.00. The Morgan fingerprint density at radius 3 is 2.29 bits per heavy atom. The summed E-state index contributed by atoms with van der Waals surface area (Å²) >= 11 is 1.08. The number of thiophene rings is 1. The van der Waals surface area contributed by atoms with Gasteiger partial charge in [0.15, 0.2) is 5.82 Å². The van der Waals surface area contributed by atoms with E-state index in [2.05, 4.69) is 10.1 Å². The van der Waals surface area contributed by atoms with Crippen molar-refractivity contribution in [1.82, 2.24) is 23.9 Å². The number of hydrogen-bond acceptors (Lipinski definition) is 7. The van der Waals surface area contributed by atoms with Crippen LogP contribution >= 0.6 is 11.3 Å². The topological polar surface area (TPSA) is 118 Å². The molecule has 204 valence electrons. The maximum Gasteiger partial charge on any atom is 0.338 e. The van der Waals surface area contributed by atoms with Crippen LogP contribution in [0.4, 0.5) is 14.5 Å². The molecule has 0 saturated carbocycles. The van der Waals surface area contributed by atoms with E-state index in [4.69, 9.17) is 0 Å². The van der Waals surface area contributed by atoms with Crippen LogP contribution in [0.25, 0.3) is 32.3 Å². The van der Waals surface area contributed by atoms with Gasteiger partial charge in [-0.2, -0.15) is 5.10 Å². The van der Waals surface area contributed by atoms with Crippen molar-refractivity contribution in [2.75, 3.05) is 0 Å². The first-order valence-corrected chi connectivity index (χ1v) is 13.0. The van der Waals surface area contributed by atoms with Crippen LogP contribution in [0.5, 0.6) is 0 Å². The van der Waals surface area contributed by atoms with Crippen LogP contribution in [0.1, 0.15) is 11.1 Å². The van der Waals surface area contributed by atoms with Crippen molar-refractivity contribution in [1.29, 1.82) is 0 Å². The van der Waals surface area contributed by atoms with E-state index in [-0.39, 0.29) is 27.3 Å². The van der Waals surface area contributed by atoms with Crippen molar-refractivity contribution < 1.29 is 13.7 Å². The minimum atomic E-state index is -0.842. The van der Waals surface area contributed by atoms with Gasteiger partial charge in [0.1, 0.15) is 22.3 Å². The lowest BCUT2D eigenvalue weighted by molar-refractivity contribution is -0.384. The largest absolute Gasteiger partial charge is 0.338 e. The number of aromatic nitrogens is 5. The van der Waals surface area contributed by atoms with Crippen molar-refractivity contribution >= 4 is 27.2 Å². The van der Waals surface area contributed by atoms with Gasteiger partial charge in [-0.15, -0.1) is 11.3 Å². The number of halogens is 2. The van der Waals surface area contributed by atoms with Crippen LogP contribution in [0.15, 0.2) is 88.7 Å². The Hall–Kier alpha value is -5.30. The molecule has 0 fully saturated rings. The zero-order valence-corrected chi connectivity index (χ0v) is 22.0. The molecule has 0 atom stereocenters. The van der Waals surface area contributed by atoms with E-state index >= 15 is 0 Å². The molecule has 6 aromatic rings. The predicted molar refractivity (Wildman–Crippen MR) is 149 cm³/mol. The van der Waals surface area contributed by atoms with E-state index < -0.39 is 34.4 Å². The Bertz CT molecular complexity index is 2060. The van der Waals surface area contributed by atoms with Gasteiger partial charge in [-0.25, -0.2) is 27.8 Å². The molecule has 10 nitrogen and oxygen atoms in total. The van der Waals surface area contributed by atoms with E-state index in [9.17, 15) is 28.5 Å². The Kier molecular flexibility index (Phi) is 6.34. The fourth-order valence-electron chi connectivity index (χ4n) is 4.61. The smallest absolute Gasteiger partial charge is 0.279 e. The molecule has 0 aliphatic carbocycles. The van der Waals surface area contributed by atoms with Crippen LogP contribution in [0, 0.1) is 28.7 Å². The summed E-state index contributed by atoms with van der Waals surface area (Å²) in [4.78, 5) is 43.8. The summed E-state index contributed by atoms with van der Waals surface area (Å²) in [7, 11) is 0. The van der Waals surface area contributed by atoms with Crippen molar-refractivity contribution in [2.45, 2.75) is 13.5 Å². The molecule has 2 aromatic carbocycles. The van der Waals surface area contributed by atoms with Crippen molar-refractivity contribution in [2.24, 2.45) is 0 Å². The standard InChI is InChI=1S/C28H18F2N6O4S/c1-16-24-26(37)35(23-8-3-7-22(32-23)34-14-4-13-31-34)28(38)33(15-19-20(29)5-2-6-21(19)30)27(24)41-25(16)17-9-11-18(12-10-17)36(39)40/h2-14H,15H2,1H3. The van der Waals surface area contributed by atoms with Crippen molar-refractivity contribution in [3.8, 4) is 22.1 Å². The fraction of sp³-hybridized carbons (Fsp3) is 0.0714. The second-order valence-corrected chi connectivity index (χ2v) is 10.1. The van der Waals surface area contributed by atoms with E-state index in [0.29, 0.717) is 21.8 Å². The number of hydrogen-bond donors (Lipinski definition) is 0. The molecule has 0 aliphatic rings. The highest BCUT2D eigenvalue weighted by molar-refractivity contribution is 7.22. The van der Waals surface area contributed by atoms with Gasteiger partial charge in [0.05, 0.1) is 16.9 Å². The molecule has 4 aromatic heterocycles. The van der Waals surface area contributed by atoms with Gasteiger partial charge in [-0.05, 0) is 60.5 Å². The molecule has 41 heavy (non-hydrogen) atoms. The molecular formula is C28H18F2N6O4S. The van der Waals surface area contributed by atoms with Gasteiger partial charge >= 0.3 is 5.69 Å². The number of pyridine rings is 1. The van der Waals surface area contributed by atoms with Crippen LogP contribution in [0.2, 0.25) is 0 Å². The lowest BCUT2D eigenvalue weighted by atomic mass is 10.1. The summed E-state index contributed by atoms with van der Waals surface area (Å²) in [5, 5.41) is 15.4. The van der Waals surface area contributed by atoms with Gasteiger partial charge in [-0.3, -0.25) is 19.5 Å². The number of nitro benzene ring substituents is 1. The van der Waals surface area contributed by atoms with Crippen LogP contribution in [0.3, 0.4) is 0 Å². The number of non-ortho nitro benzene ring substituents is 1. The SMILES string of the molecule is Cc1c(-c2ccc([N+](=O)[O-])cc2)sc2c1c(=O)n(-c1cccc(-n3cccn3)n1)c(=O)n2Cc1c(F)cccc1F. The summed E-state index contributed by atoms with van der Waals surface area (Å²) in [6, 6.07) is 15.6.